The van der Waals surface area contributed by atoms with Crippen molar-refractivity contribution in [3.63, 3.8) is 0 Å². The first kappa shape index (κ1) is 12.7. The number of hydrogen-bond donors (Lipinski definition) is 1. The van der Waals surface area contributed by atoms with Gasteiger partial charge >= 0.3 is 0 Å². The van der Waals surface area contributed by atoms with E-state index < -0.39 is 10.0 Å². The zero-order valence-electron chi connectivity index (χ0n) is 10.7. The van der Waals surface area contributed by atoms with Crippen molar-refractivity contribution in [1.29, 1.82) is 0 Å². The number of nitrogens with zero attached hydrogens (tertiary/aromatic N) is 1. The fourth-order valence-electron chi connectivity index (χ4n) is 1.95. The average molecular weight is 288 g/mol. The molecule has 1 aromatic heterocycles. The van der Waals surface area contributed by atoms with Crippen molar-refractivity contribution in [2.75, 3.05) is 11.0 Å². The lowest BCUT2D eigenvalue weighted by Gasteiger charge is -2.07. The number of nitrogens with one attached hydrogen (secondary N) is 1. The lowest BCUT2D eigenvalue weighted by Crippen LogP contribution is -2.10. The standard InChI is InChI=1S/C14H12N2O3S/c1-20(17,18)16-11-7-3-2-6-10(11)14-15-12-8-4-5-9-13(12)19-14/h2-9,16H,1H3. The zero-order chi connectivity index (χ0) is 14.2. The second kappa shape index (κ2) is 4.64. The van der Waals surface area contributed by atoms with E-state index in [0.717, 1.165) is 11.8 Å². The number of hydrogen-bond acceptors (Lipinski definition) is 4. The molecule has 3 rings (SSSR count). The largest absolute Gasteiger partial charge is 0.436 e. The van der Waals surface area contributed by atoms with Gasteiger partial charge in [0.2, 0.25) is 15.9 Å². The van der Waals surface area contributed by atoms with Crippen LogP contribution in [0.3, 0.4) is 0 Å². The summed E-state index contributed by atoms with van der Waals surface area (Å²) >= 11 is 0. The van der Waals surface area contributed by atoms with Crippen molar-refractivity contribution in [3.8, 4) is 11.5 Å². The van der Waals surface area contributed by atoms with Crippen LogP contribution in [0.5, 0.6) is 0 Å². The lowest BCUT2D eigenvalue weighted by molar-refractivity contribution is 0.606. The number of aromatic nitrogens is 1. The number of benzene rings is 2. The quantitative estimate of drug-likeness (QED) is 0.804. The average Bonchev–Trinajstić information content (AvgIpc) is 2.81. The van der Waals surface area contributed by atoms with Crippen LogP contribution in [-0.2, 0) is 10.0 Å². The molecule has 0 saturated heterocycles. The second-order valence-electron chi connectivity index (χ2n) is 4.41. The van der Waals surface area contributed by atoms with Crippen LogP contribution >= 0.6 is 0 Å². The molecule has 102 valence electrons. The van der Waals surface area contributed by atoms with Crippen LogP contribution in [0.4, 0.5) is 5.69 Å². The Morgan fingerprint density at radius 3 is 2.50 bits per heavy atom. The van der Waals surface area contributed by atoms with Crippen LogP contribution in [-0.4, -0.2) is 19.7 Å². The molecule has 0 amide bonds. The number of fused-ring (bicyclic) bond motifs is 1. The highest BCUT2D eigenvalue weighted by Gasteiger charge is 2.13. The third-order valence-corrected chi connectivity index (χ3v) is 3.34. The van der Waals surface area contributed by atoms with Gasteiger partial charge in [-0.2, -0.15) is 0 Å². The summed E-state index contributed by atoms with van der Waals surface area (Å²) in [5.74, 6) is 0.387. The maximum absolute atomic E-state index is 11.4. The number of anilines is 1. The topological polar surface area (TPSA) is 72.2 Å². The minimum absolute atomic E-state index is 0.387. The fourth-order valence-corrected chi connectivity index (χ4v) is 2.52. The van der Waals surface area contributed by atoms with Crippen molar-refractivity contribution in [2.24, 2.45) is 0 Å². The van der Waals surface area contributed by atoms with E-state index in [9.17, 15) is 8.42 Å². The van der Waals surface area contributed by atoms with E-state index in [0.29, 0.717) is 22.7 Å². The van der Waals surface area contributed by atoms with E-state index in [1.54, 1.807) is 24.3 Å². The molecule has 5 nitrogen and oxygen atoms in total. The normalized spacial score (nSPS) is 11.7. The lowest BCUT2D eigenvalue weighted by atomic mass is 10.2. The van der Waals surface area contributed by atoms with Crippen LogP contribution in [0.15, 0.2) is 52.9 Å². The molecule has 0 atom stereocenters. The molecule has 6 heteroatoms. The number of para-hydroxylation sites is 3. The minimum atomic E-state index is -3.36. The fraction of sp³-hybridized carbons (Fsp3) is 0.0714. The molecular weight excluding hydrogens is 276 g/mol. The molecule has 1 heterocycles. The zero-order valence-corrected chi connectivity index (χ0v) is 11.5. The van der Waals surface area contributed by atoms with Gasteiger partial charge < -0.3 is 4.42 Å². The summed E-state index contributed by atoms with van der Waals surface area (Å²) in [6, 6.07) is 14.4. The van der Waals surface area contributed by atoms with Crippen LogP contribution in [0.2, 0.25) is 0 Å². The van der Waals surface area contributed by atoms with Gasteiger partial charge in [0.1, 0.15) is 5.52 Å². The first-order valence-corrected chi connectivity index (χ1v) is 7.85. The van der Waals surface area contributed by atoms with Crippen molar-refractivity contribution >= 4 is 26.8 Å². The molecule has 0 saturated carbocycles. The molecular formula is C14H12N2O3S. The maximum Gasteiger partial charge on any atom is 0.229 e. The summed E-state index contributed by atoms with van der Waals surface area (Å²) in [5.41, 5.74) is 2.45. The molecule has 0 aliphatic carbocycles. The summed E-state index contributed by atoms with van der Waals surface area (Å²) in [7, 11) is -3.36. The van der Waals surface area contributed by atoms with Gasteiger partial charge in [0.25, 0.3) is 0 Å². The predicted octanol–water partition coefficient (Wildman–Crippen LogP) is 2.87. The Bertz CT molecular complexity index is 836. The molecule has 20 heavy (non-hydrogen) atoms. The first-order valence-electron chi connectivity index (χ1n) is 5.96. The van der Waals surface area contributed by atoms with Gasteiger partial charge in [-0.3, -0.25) is 4.72 Å². The minimum Gasteiger partial charge on any atom is -0.436 e. The van der Waals surface area contributed by atoms with E-state index in [-0.39, 0.29) is 0 Å². The van der Waals surface area contributed by atoms with Crippen LogP contribution < -0.4 is 4.72 Å². The van der Waals surface area contributed by atoms with E-state index in [1.165, 1.54) is 0 Å². The SMILES string of the molecule is CS(=O)(=O)Nc1ccccc1-c1nc2ccccc2o1. The Morgan fingerprint density at radius 2 is 1.75 bits per heavy atom. The van der Waals surface area contributed by atoms with Gasteiger partial charge in [-0.15, -0.1) is 0 Å². The highest BCUT2D eigenvalue weighted by Crippen LogP contribution is 2.30. The number of oxazole rings is 1. The summed E-state index contributed by atoms with van der Waals surface area (Å²) in [6.45, 7) is 0. The van der Waals surface area contributed by atoms with Gasteiger partial charge in [-0.05, 0) is 24.3 Å². The highest BCUT2D eigenvalue weighted by molar-refractivity contribution is 7.92. The Balaban J connectivity index is 2.14. The Hall–Kier alpha value is -2.34. The summed E-state index contributed by atoms with van der Waals surface area (Å²) in [4.78, 5) is 4.37. The summed E-state index contributed by atoms with van der Waals surface area (Å²) in [5, 5.41) is 0. The predicted molar refractivity (Wildman–Crippen MR) is 77.9 cm³/mol. The van der Waals surface area contributed by atoms with Crippen molar-refractivity contribution in [3.05, 3.63) is 48.5 Å². The van der Waals surface area contributed by atoms with E-state index in [2.05, 4.69) is 9.71 Å². The Kier molecular flexibility index (Phi) is 2.94. The molecule has 0 unspecified atom stereocenters. The third-order valence-electron chi connectivity index (χ3n) is 2.75. The molecule has 0 aliphatic rings. The molecule has 0 aliphatic heterocycles. The number of sulfonamides is 1. The molecule has 3 aromatic rings. The van der Waals surface area contributed by atoms with Gasteiger partial charge in [-0.25, -0.2) is 13.4 Å². The maximum atomic E-state index is 11.4. The number of rotatable bonds is 3. The molecule has 0 bridgehead atoms. The van der Waals surface area contributed by atoms with Crippen LogP contribution in [0.25, 0.3) is 22.6 Å². The van der Waals surface area contributed by atoms with Gasteiger partial charge in [0.05, 0.1) is 17.5 Å². The van der Waals surface area contributed by atoms with Crippen molar-refractivity contribution in [2.45, 2.75) is 0 Å². The van der Waals surface area contributed by atoms with Crippen LogP contribution in [0, 0.1) is 0 Å². The van der Waals surface area contributed by atoms with E-state index in [1.807, 2.05) is 24.3 Å². The van der Waals surface area contributed by atoms with Gasteiger partial charge in [0.15, 0.2) is 5.58 Å². The summed E-state index contributed by atoms with van der Waals surface area (Å²) in [6.07, 6.45) is 1.11. The molecule has 0 spiro atoms. The van der Waals surface area contributed by atoms with E-state index in [4.69, 9.17) is 4.42 Å². The summed E-state index contributed by atoms with van der Waals surface area (Å²) < 4.78 is 30.9. The van der Waals surface area contributed by atoms with Crippen molar-refractivity contribution < 1.29 is 12.8 Å². The molecule has 1 N–H and O–H groups in total. The molecule has 0 radical (unpaired) electrons. The first-order chi connectivity index (χ1) is 9.53. The smallest absolute Gasteiger partial charge is 0.229 e. The Morgan fingerprint density at radius 1 is 1.05 bits per heavy atom. The monoisotopic (exact) mass is 288 g/mol. The van der Waals surface area contributed by atoms with E-state index >= 15 is 0 Å². The van der Waals surface area contributed by atoms with Crippen molar-refractivity contribution in [1.82, 2.24) is 4.98 Å². The third kappa shape index (κ3) is 2.50. The molecule has 0 fully saturated rings. The Labute approximate surface area is 116 Å². The van der Waals surface area contributed by atoms with Crippen LogP contribution in [0.1, 0.15) is 0 Å². The van der Waals surface area contributed by atoms with Gasteiger partial charge in [-0.1, -0.05) is 24.3 Å². The highest BCUT2D eigenvalue weighted by atomic mass is 32.2. The second-order valence-corrected chi connectivity index (χ2v) is 6.16. The molecule has 2 aromatic carbocycles. The van der Waals surface area contributed by atoms with Gasteiger partial charge in [0, 0.05) is 0 Å².